The van der Waals surface area contributed by atoms with Crippen LogP contribution in [0.15, 0.2) is 41.0 Å². The molecule has 0 fully saturated rings. The molecule has 1 heterocycles. The van der Waals surface area contributed by atoms with E-state index >= 15 is 0 Å². The molecule has 0 saturated heterocycles. The van der Waals surface area contributed by atoms with Crippen molar-refractivity contribution in [1.82, 2.24) is 4.90 Å². The first-order chi connectivity index (χ1) is 14.2. The van der Waals surface area contributed by atoms with Gasteiger partial charge in [-0.2, -0.15) is 0 Å². The molecule has 0 saturated carbocycles. The van der Waals surface area contributed by atoms with E-state index in [1.54, 1.807) is 17.0 Å². The Labute approximate surface area is 179 Å². The third kappa shape index (κ3) is 6.91. The summed E-state index contributed by atoms with van der Waals surface area (Å²) in [6.45, 7) is 5.87. The highest BCUT2D eigenvalue weighted by Crippen LogP contribution is 2.25. The third-order valence-electron chi connectivity index (χ3n) is 4.70. The highest BCUT2D eigenvalue weighted by molar-refractivity contribution is 5.92. The van der Waals surface area contributed by atoms with Crippen LogP contribution < -0.4 is 15.1 Å². The number of carbonyl (C=O) groups is 2. The van der Waals surface area contributed by atoms with Gasteiger partial charge in [0.05, 0.1) is 33.4 Å². The maximum Gasteiger partial charge on any atom is 0.290 e. The van der Waals surface area contributed by atoms with Gasteiger partial charge in [0, 0.05) is 38.4 Å². The van der Waals surface area contributed by atoms with Crippen LogP contribution in [0.1, 0.15) is 36.4 Å². The molecule has 0 spiro atoms. The predicted octanol–water partition coefficient (Wildman–Crippen LogP) is 2.12. The molecule has 0 bridgehead atoms. The van der Waals surface area contributed by atoms with Crippen LogP contribution in [0.25, 0.3) is 0 Å². The van der Waals surface area contributed by atoms with E-state index in [1.165, 1.54) is 11.2 Å². The molecule has 164 valence electrons. The molecule has 1 aromatic heterocycles. The fourth-order valence-electron chi connectivity index (χ4n) is 3.18. The summed E-state index contributed by atoms with van der Waals surface area (Å²) in [5.41, 5.74) is 2.71. The van der Waals surface area contributed by atoms with Crippen molar-refractivity contribution in [3.05, 3.63) is 47.9 Å². The smallest absolute Gasteiger partial charge is 0.290 e. The predicted molar refractivity (Wildman–Crippen MR) is 120 cm³/mol. The van der Waals surface area contributed by atoms with Gasteiger partial charge in [-0.3, -0.25) is 9.59 Å². The number of anilines is 2. The van der Waals surface area contributed by atoms with Crippen molar-refractivity contribution in [3.8, 4) is 0 Å². The molecule has 0 radical (unpaired) electrons. The van der Waals surface area contributed by atoms with E-state index in [4.69, 9.17) is 4.42 Å². The van der Waals surface area contributed by atoms with Crippen molar-refractivity contribution in [1.29, 1.82) is 0 Å². The second-order valence-electron chi connectivity index (χ2n) is 8.55. The van der Waals surface area contributed by atoms with Gasteiger partial charge in [0.15, 0.2) is 5.76 Å². The van der Waals surface area contributed by atoms with E-state index in [2.05, 4.69) is 19.4 Å². The molecule has 0 aliphatic carbocycles. The fourth-order valence-corrected chi connectivity index (χ4v) is 3.18. The second kappa shape index (κ2) is 10.8. The van der Waals surface area contributed by atoms with Crippen molar-refractivity contribution in [2.24, 2.45) is 5.92 Å². The normalized spacial score (nSPS) is 11.1. The minimum atomic E-state index is -0.139. The summed E-state index contributed by atoms with van der Waals surface area (Å²) in [4.78, 5) is 30.3. The minimum Gasteiger partial charge on any atom is -0.459 e. The molecule has 2 N–H and O–H groups in total. The van der Waals surface area contributed by atoms with Crippen LogP contribution in [-0.2, 0) is 11.3 Å². The number of likely N-dealkylation sites (N-methyl/N-ethyl adjacent to an activating group) is 1. The first-order valence-corrected chi connectivity index (χ1v) is 10.4. The van der Waals surface area contributed by atoms with Crippen LogP contribution in [0.4, 0.5) is 11.4 Å². The summed E-state index contributed by atoms with van der Waals surface area (Å²) in [6, 6.07) is 9.25. The van der Waals surface area contributed by atoms with Crippen LogP contribution in [0.2, 0.25) is 0 Å². The zero-order valence-electron chi connectivity index (χ0n) is 19.0. The zero-order chi connectivity index (χ0) is 22.3. The van der Waals surface area contributed by atoms with Crippen molar-refractivity contribution < 1.29 is 18.9 Å². The number of amides is 2. The molecule has 0 unspecified atom stereocenters. The van der Waals surface area contributed by atoms with Gasteiger partial charge in [0.2, 0.25) is 5.91 Å². The number of benzene rings is 1. The summed E-state index contributed by atoms with van der Waals surface area (Å²) < 4.78 is 5.35. The average molecular weight is 416 g/mol. The minimum absolute atomic E-state index is 0.00622. The maximum absolute atomic E-state index is 13.0. The van der Waals surface area contributed by atoms with Crippen molar-refractivity contribution in [3.63, 3.8) is 0 Å². The molecule has 30 heavy (non-hydrogen) atoms. The number of hydrogen-bond donors (Lipinski definition) is 2. The summed E-state index contributed by atoms with van der Waals surface area (Å²) >= 11 is 0. The highest BCUT2D eigenvalue weighted by atomic mass is 16.3. The quantitative estimate of drug-likeness (QED) is 0.624. The maximum atomic E-state index is 13.0. The SMILES string of the molecule is CC(C)CC(=O)Nc1ccc(N(C)C)c(CN(CC[NH+](C)C)C(=O)c2ccco2)c1. The van der Waals surface area contributed by atoms with E-state index in [1.807, 2.05) is 51.0 Å². The van der Waals surface area contributed by atoms with E-state index < -0.39 is 0 Å². The molecule has 2 rings (SSSR count). The molecule has 0 aliphatic rings. The van der Waals surface area contributed by atoms with Gasteiger partial charge < -0.3 is 24.4 Å². The number of nitrogens with zero attached hydrogens (tertiary/aromatic N) is 2. The lowest BCUT2D eigenvalue weighted by molar-refractivity contribution is -0.857. The first-order valence-electron chi connectivity index (χ1n) is 10.4. The summed E-state index contributed by atoms with van der Waals surface area (Å²) in [7, 11) is 8.06. The van der Waals surface area contributed by atoms with E-state index in [-0.39, 0.29) is 11.8 Å². The largest absolute Gasteiger partial charge is 0.459 e. The number of nitrogens with one attached hydrogen (secondary N) is 2. The Balaban J connectivity index is 2.30. The van der Waals surface area contributed by atoms with Gasteiger partial charge in [-0.15, -0.1) is 0 Å². The van der Waals surface area contributed by atoms with Crippen molar-refractivity contribution in [2.45, 2.75) is 26.8 Å². The van der Waals surface area contributed by atoms with Gasteiger partial charge in [-0.05, 0) is 41.8 Å². The molecule has 7 heteroatoms. The van der Waals surface area contributed by atoms with Gasteiger partial charge in [-0.1, -0.05) is 13.8 Å². The standard InChI is InChI=1S/C23H34N4O3/c1-17(2)14-22(28)24-19-9-10-20(26(5)6)18(15-19)16-27(12-11-25(3)4)23(29)21-8-7-13-30-21/h7-10,13,15,17H,11-12,14,16H2,1-6H3,(H,24,28)/p+1. The van der Waals surface area contributed by atoms with E-state index in [0.29, 0.717) is 31.2 Å². The Morgan fingerprint density at radius 1 is 1.17 bits per heavy atom. The van der Waals surface area contributed by atoms with Crippen LogP contribution in [0.5, 0.6) is 0 Å². The number of rotatable bonds is 10. The number of furan rings is 1. The molecule has 0 aliphatic heterocycles. The molecular weight excluding hydrogens is 380 g/mol. The van der Waals surface area contributed by atoms with Crippen molar-refractivity contribution in [2.75, 3.05) is 51.5 Å². The molecule has 0 atom stereocenters. The number of hydrogen-bond acceptors (Lipinski definition) is 4. The Morgan fingerprint density at radius 2 is 1.90 bits per heavy atom. The third-order valence-corrected chi connectivity index (χ3v) is 4.70. The molecular formula is C23H35N4O3+. The summed E-state index contributed by atoms with van der Waals surface area (Å²) in [5, 5.41) is 2.98. The molecule has 2 aromatic rings. The van der Waals surface area contributed by atoms with Crippen LogP contribution in [-0.4, -0.2) is 58.0 Å². The van der Waals surface area contributed by atoms with Crippen LogP contribution in [0, 0.1) is 5.92 Å². The van der Waals surface area contributed by atoms with Gasteiger partial charge in [-0.25, -0.2) is 0 Å². The molecule has 2 amide bonds. The Kier molecular flexibility index (Phi) is 8.47. The first kappa shape index (κ1) is 23.5. The van der Waals surface area contributed by atoms with Gasteiger partial charge in [0.1, 0.15) is 0 Å². The second-order valence-corrected chi connectivity index (χ2v) is 8.55. The summed E-state index contributed by atoms with van der Waals surface area (Å²) in [6.07, 6.45) is 1.98. The summed E-state index contributed by atoms with van der Waals surface area (Å²) in [5.74, 6) is 0.477. The Morgan fingerprint density at radius 3 is 2.47 bits per heavy atom. The molecule has 7 nitrogen and oxygen atoms in total. The lowest BCUT2D eigenvalue weighted by Crippen LogP contribution is -3.06. The highest BCUT2D eigenvalue weighted by Gasteiger charge is 2.21. The van der Waals surface area contributed by atoms with Gasteiger partial charge in [0.25, 0.3) is 5.91 Å². The van der Waals surface area contributed by atoms with E-state index in [9.17, 15) is 9.59 Å². The molecule has 1 aromatic carbocycles. The van der Waals surface area contributed by atoms with Crippen molar-refractivity contribution >= 4 is 23.2 Å². The lowest BCUT2D eigenvalue weighted by Gasteiger charge is -2.26. The average Bonchev–Trinajstić information content (AvgIpc) is 3.18. The van der Waals surface area contributed by atoms with E-state index in [0.717, 1.165) is 23.5 Å². The topological polar surface area (TPSA) is 70.2 Å². The van der Waals surface area contributed by atoms with Gasteiger partial charge >= 0.3 is 0 Å². The lowest BCUT2D eigenvalue weighted by atomic mass is 10.1. The monoisotopic (exact) mass is 415 g/mol. The Bertz CT molecular complexity index is 829. The zero-order valence-corrected chi connectivity index (χ0v) is 19.0. The fraction of sp³-hybridized carbons (Fsp3) is 0.478. The van der Waals surface area contributed by atoms with Crippen LogP contribution >= 0.6 is 0 Å². The van der Waals surface area contributed by atoms with Crippen LogP contribution in [0.3, 0.4) is 0 Å². The Hall–Kier alpha value is -2.80. The number of quaternary nitrogens is 1. The number of carbonyl (C=O) groups excluding carboxylic acids is 2.